The van der Waals surface area contributed by atoms with E-state index in [4.69, 9.17) is 0 Å². The molecule has 0 aliphatic heterocycles. The smallest absolute Gasteiger partial charge is 0.155 e. The largest absolute Gasteiger partial charge is 0.314 e. The molecule has 0 aliphatic rings. The van der Waals surface area contributed by atoms with E-state index in [9.17, 15) is 8.42 Å². The Morgan fingerprint density at radius 3 is 2.11 bits per heavy atom. The topological polar surface area (TPSA) is 46.2 Å². The van der Waals surface area contributed by atoms with Gasteiger partial charge in [0.1, 0.15) is 0 Å². The van der Waals surface area contributed by atoms with Crippen molar-refractivity contribution in [3.8, 4) is 0 Å². The third kappa shape index (κ3) is 5.70. The summed E-state index contributed by atoms with van der Waals surface area (Å²) in [6.45, 7) is 12.8. The van der Waals surface area contributed by atoms with Gasteiger partial charge < -0.3 is 5.32 Å². The Labute approximate surface area is 114 Å². The molecule has 0 aliphatic carbocycles. The van der Waals surface area contributed by atoms with Gasteiger partial charge in [-0.15, -0.1) is 0 Å². The molecule has 0 saturated heterocycles. The normalized spacial score (nSPS) is 16.6. The lowest BCUT2D eigenvalue weighted by Crippen LogP contribution is -2.37. The Kier molecular flexibility index (Phi) is 7.45. The second-order valence-electron chi connectivity index (χ2n) is 6.17. The molecule has 4 heteroatoms. The molecule has 0 heterocycles. The fourth-order valence-corrected chi connectivity index (χ4v) is 3.22. The van der Waals surface area contributed by atoms with Crippen LogP contribution in [0.1, 0.15) is 60.8 Å². The second-order valence-corrected chi connectivity index (χ2v) is 9.03. The number of sulfone groups is 1. The van der Waals surface area contributed by atoms with E-state index in [1.165, 1.54) is 0 Å². The molecule has 0 aromatic carbocycles. The van der Waals surface area contributed by atoms with Crippen LogP contribution in [0.2, 0.25) is 0 Å². The molecule has 2 atom stereocenters. The van der Waals surface area contributed by atoms with Gasteiger partial charge in [0.05, 0.1) is 10.5 Å². The van der Waals surface area contributed by atoms with Gasteiger partial charge in [-0.3, -0.25) is 0 Å². The van der Waals surface area contributed by atoms with E-state index in [1.807, 2.05) is 0 Å². The van der Waals surface area contributed by atoms with Crippen LogP contribution in [0.4, 0.5) is 0 Å². The molecule has 0 rings (SSSR count). The molecule has 110 valence electrons. The molecule has 0 aromatic rings. The van der Waals surface area contributed by atoms with E-state index in [0.717, 1.165) is 25.8 Å². The third-order valence-electron chi connectivity index (χ3n) is 3.56. The molecule has 0 bridgehead atoms. The van der Waals surface area contributed by atoms with Crippen LogP contribution in [0.3, 0.4) is 0 Å². The first kappa shape index (κ1) is 17.9. The van der Waals surface area contributed by atoms with Crippen LogP contribution in [0.5, 0.6) is 0 Å². The molecule has 3 nitrogen and oxygen atoms in total. The fraction of sp³-hybridized carbons (Fsp3) is 1.00. The highest BCUT2D eigenvalue weighted by atomic mass is 32.2. The van der Waals surface area contributed by atoms with Gasteiger partial charge in [-0.1, -0.05) is 20.8 Å². The first-order valence-corrected chi connectivity index (χ1v) is 8.76. The Hall–Kier alpha value is -0.0900. The predicted octanol–water partition coefficient (Wildman–Crippen LogP) is 3.00. The zero-order valence-electron chi connectivity index (χ0n) is 12.9. The van der Waals surface area contributed by atoms with Crippen LogP contribution in [0, 0.1) is 5.92 Å². The SMILES string of the molecule is CCCNC(CC)C(C)CCS(=O)(=O)C(C)(C)C. The number of rotatable bonds is 8. The maximum absolute atomic E-state index is 12.1. The van der Waals surface area contributed by atoms with Gasteiger partial charge >= 0.3 is 0 Å². The van der Waals surface area contributed by atoms with Gasteiger partial charge in [-0.25, -0.2) is 8.42 Å². The van der Waals surface area contributed by atoms with E-state index >= 15 is 0 Å². The number of hydrogen-bond donors (Lipinski definition) is 1. The van der Waals surface area contributed by atoms with Crippen molar-refractivity contribution in [2.45, 2.75) is 71.6 Å². The summed E-state index contributed by atoms with van der Waals surface area (Å²) in [4.78, 5) is 0. The van der Waals surface area contributed by atoms with Gasteiger partial charge in [0.2, 0.25) is 0 Å². The lowest BCUT2D eigenvalue weighted by Gasteiger charge is -2.26. The van der Waals surface area contributed by atoms with Crippen LogP contribution in [0.15, 0.2) is 0 Å². The molecule has 0 spiro atoms. The maximum Gasteiger partial charge on any atom is 0.155 e. The van der Waals surface area contributed by atoms with Gasteiger partial charge in [0.25, 0.3) is 0 Å². The van der Waals surface area contributed by atoms with Crippen molar-refractivity contribution in [3.63, 3.8) is 0 Å². The lowest BCUT2D eigenvalue weighted by molar-refractivity contribution is 0.358. The second kappa shape index (κ2) is 7.49. The van der Waals surface area contributed by atoms with Crippen molar-refractivity contribution in [2.24, 2.45) is 5.92 Å². The molecule has 0 aromatic heterocycles. The molecule has 0 radical (unpaired) electrons. The standard InChI is InChI=1S/C14H31NO2S/c1-7-10-15-13(8-2)12(3)9-11-18(16,17)14(4,5)6/h12-13,15H,7-11H2,1-6H3. The van der Waals surface area contributed by atoms with Crippen LogP contribution < -0.4 is 5.32 Å². The minimum atomic E-state index is -2.98. The van der Waals surface area contributed by atoms with E-state index in [0.29, 0.717) is 17.7 Å². The fourth-order valence-electron chi connectivity index (χ4n) is 1.93. The predicted molar refractivity (Wildman–Crippen MR) is 79.7 cm³/mol. The van der Waals surface area contributed by atoms with Crippen molar-refractivity contribution in [1.82, 2.24) is 5.32 Å². The molecule has 18 heavy (non-hydrogen) atoms. The van der Waals surface area contributed by atoms with Crippen LogP contribution in [-0.2, 0) is 9.84 Å². The Balaban J connectivity index is 4.36. The summed E-state index contributed by atoms with van der Waals surface area (Å²) < 4.78 is 23.5. The maximum atomic E-state index is 12.1. The molecule has 0 amide bonds. The zero-order chi connectivity index (χ0) is 14.4. The highest BCUT2D eigenvalue weighted by molar-refractivity contribution is 7.92. The van der Waals surface area contributed by atoms with Gasteiger partial charge in [0, 0.05) is 6.04 Å². The number of hydrogen-bond acceptors (Lipinski definition) is 3. The first-order valence-electron chi connectivity index (χ1n) is 7.11. The average molecular weight is 277 g/mol. The molecule has 2 unspecified atom stereocenters. The van der Waals surface area contributed by atoms with E-state index in [1.54, 1.807) is 20.8 Å². The van der Waals surface area contributed by atoms with Crippen molar-refractivity contribution < 1.29 is 8.42 Å². The monoisotopic (exact) mass is 277 g/mol. The van der Waals surface area contributed by atoms with E-state index in [2.05, 4.69) is 26.1 Å². The molecule has 0 saturated carbocycles. The summed E-state index contributed by atoms with van der Waals surface area (Å²) in [5.41, 5.74) is 0. The summed E-state index contributed by atoms with van der Waals surface area (Å²) >= 11 is 0. The summed E-state index contributed by atoms with van der Waals surface area (Å²) in [6, 6.07) is 0.431. The summed E-state index contributed by atoms with van der Waals surface area (Å²) in [5, 5.41) is 3.50. The van der Waals surface area contributed by atoms with Crippen molar-refractivity contribution in [3.05, 3.63) is 0 Å². The highest BCUT2D eigenvalue weighted by Gasteiger charge is 2.29. The molecular formula is C14H31NO2S. The Bertz CT molecular complexity index is 317. The van der Waals surface area contributed by atoms with Gasteiger partial charge in [0.15, 0.2) is 9.84 Å². The third-order valence-corrected chi connectivity index (χ3v) is 6.20. The Morgan fingerprint density at radius 2 is 1.72 bits per heavy atom. The summed E-state index contributed by atoms with van der Waals surface area (Å²) in [7, 11) is -2.98. The molecular weight excluding hydrogens is 246 g/mol. The Morgan fingerprint density at radius 1 is 1.17 bits per heavy atom. The lowest BCUT2D eigenvalue weighted by atomic mass is 9.97. The number of nitrogens with one attached hydrogen (secondary N) is 1. The van der Waals surface area contributed by atoms with Crippen LogP contribution >= 0.6 is 0 Å². The van der Waals surface area contributed by atoms with Crippen molar-refractivity contribution in [1.29, 1.82) is 0 Å². The minimum Gasteiger partial charge on any atom is -0.314 e. The van der Waals surface area contributed by atoms with Crippen molar-refractivity contribution in [2.75, 3.05) is 12.3 Å². The van der Waals surface area contributed by atoms with Crippen LogP contribution in [-0.4, -0.2) is 31.5 Å². The average Bonchev–Trinajstić information content (AvgIpc) is 2.26. The quantitative estimate of drug-likeness (QED) is 0.742. The minimum absolute atomic E-state index is 0.294. The first-order chi connectivity index (χ1) is 8.15. The molecule has 1 N–H and O–H groups in total. The molecule has 0 fully saturated rings. The highest BCUT2D eigenvalue weighted by Crippen LogP contribution is 2.20. The van der Waals surface area contributed by atoms with Crippen molar-refractivity contribution >= 4 is 9.84 Å². The van der Waals surface area contributed by atoms with Gasteiger partial charge in [-0.05, 0) is 52.5 Å². The van der Waals surface area contributed by atoms with Gasteiger partial charge in [-0.2, -0.15) is 0 Å². The van der Waals surface area contributed by atoms with E-state index < -0.39 is 14.6 Å². The zero-order valence-corrected chi connectivity index (χ0v) is 13.7. The van der Waals surface area contributed by atoms with E-state index in [-0.39, 0.29) is 0 Å². The van der Waals surface area contributed by atoms with Crippen LogP contribution in [0.25, 0.3) is 0 Å². The summed E-state index contributed by atoms with van der Waals surface area (Å²) in [5.74, 6) is 0.695. The summed E-state index contributed by atoms with van der Waals surface area (Å²) in [6.07, 6.45) is 2.91.